The Morgan fingerprint density at radius 2 is 2.31 bits per heavy atom. The van der Waals surface area contributed by atoms with Crippen molar-refractivity contribution >= 4 is 28.9 Å². The predicted octanol–water partition coefficient (Wildman–Crippen LogP) is 2.46. The fourth-order valence-electron chi connectivity index (χ4n) is 1.17. The van der Waals surface area contributed by atoms with Gasteiger partial charge in [-0.15, -0.1) is 16.4 Å². The Labute approximate surface area is 101 Å². The third kappa shape index (κ3) is 2.70. The summed E-state index contributed by atoms with van der Waals surface area (Å²) in [5, 5.41) is 7.33. The molecule has 2 rings (SSSR count). The summed E-state index contributed by atoms with van der Waals surface area (Å²) in [5.41, 5.74) is 0. The number of aromatic nitrogens is 3. The van der Waals surface area contributed by atoms with Gasteiger partial charge in [0.25, 0.3) is 0 Å². The van der Waals surface area contributed by atoms with Crippen LogP contribution in [0.15, 0.2) is 17.3 Å². The Kier molecular flexibility index (Phi) is 3.40. The first-order chi connectivity index (χ1) is 7.65. The van der Waals surface area contributed by atoms with Crippen LogP contribution in [0.5, 0.6) is 0 Å². The standard InChI is InChI=1S/C10H11N3OS2/c1-6-3-4-9(16-6)8(14)5-15-10-11-7(2)12-13-10/h3-4H,5H2,1-2H3,(H,11,12,13). The van der Waals surface area contributed by atoms with E-state index < -0.39 is 0 Å². The molecule has 6 heteroatoms. The summed E-state index contributed by atoms with van der Waals surface area (Å²) in [6.07, 6.45) is 0. The third-order valence-electron chi connectivity index (χ3n) is 1.92. The zero-order valence-electron chi connectivity index (χ0n) is 8.98. The van der Waals surface area contributed by atoms with Crippen molar-refractivity contribution < 1.29 is 4.79 Å². The largest absolute Gasteiger partial charge is 0.292 e. The van der Waals surface area contributed by atoms with E-state index in [1.807, 2.05) is 26.0 Å². The summed E-state index contributed by atoms with van der Waals surface area (Å²) in [6.45, 7) is 3.83. The summed E-state index contributed by atoms with van der Waals surface area (Å²) in [4.78, 5) is 17.8. The second-order valence-electron chi connectivity index (χ2n) is 3.33. The molecule has 0 aromatic carbocycles. The Hall–Kier alpha value is -1.14. The first-order valence-electron chi connectivity index (χ1n) is 4.76. The van der Waals surface area contributed by atoms with Gasteiger partial charge < -0.3 is 0 Å². The van der Waals surface area contributed by atoms with Gasteiger partial charge in [0.1, 0.15) is 5.82 Å². The number of Topliss-reactive ketones (excluding diaryl/α,β-unsaturated/α-hetero) is 1. The Bertz CT molecular complexity index is 504. The molecular weight excluding hydrogens is 242 g/mol. The van der Waals surface area contributed by atoms with Crippen molar-refractivity contribution in [1.82, 2.24) is 15.2 Å². The molecular formula is C10H11N3OS2. The number of carbonyl (C=O) groups excluding carboxylic acids is 1. The minimum Gasteiger partial charge on any atom is -0.292 e. The van der Waals surface area contributed by atoms with Gasteiger partial charge in [-0.05, 0) is 26.0 Å². The molecule has 0 spiro atoms. The number of thiophene rings is 1. The van der Waals surface area contributed by atoms with Crippen molar-refractivity contribution in [3.8, 4) is 0 Å². The van der Waals surface area contributed by atoms with Gasteiger partial charge in [0, 0.05) is 4.88 Å². The molecule has 0 unspecified atom stereocenters. The number of ketones is 1. The van der Waals surface area contributed by atoms with Gasteiger partial charge in [0.15, 0.2) is 5.78 Å². The molecule has 2 aromatic rings. The molecule has 0 amide bonds. The van der Waals surface area contributed by atoms with E-state index in [4.69, 9.17) is 0 Å². The minimum absolute atomic E-state index is 0.130. The number of thioether (sulfide) groups is 1. The summed E-state index contributed by atoms with van der Waals surface area (Å²) in [5.74, 6) is 1.28. The van der Waals surface area contributed by atoms with E-state index in [1.54, 1.807) is 0 Å². The SMILES string of the molecule is Cc1nc(SCC(=O)c2ccc(C)s2)n[nH]1. The van der Waals surface area contributed by atoms with Crippen LogP contribution in [-0.4, -0.2) is 26.7 Å². The van der Waals surface area contributed by atoms with Crippen LogP contribution >= 0.6 is 23.1 Å². The lowest BCUT2D eigenvalue weighted by Crippen LogP contribution is -1.99. The lowest BCUT2D eigenvalue weighted by Gasteiger charge is -1.94. The number of nitrogens with zero attached hydrogens (tertiary/aromatic N) is 2. The second-order valence-corrected chi connectivity index (χ2v) is 5.56. The Balaban J connectivity index is 1.93. The van der Waals surface area contributed by atoms with Crippen molar-refractivity contribution in [1.29, 1.82) is 0 Å². The number of hydrogen-bond donors (Lipinski definition) is 1. The van der Waals surface area contributed by atoms with E-state index in [0.717, 1.165) is 15.6 Å². The lowest BCUT2D eigenvalue weighted by molar-refractivity contribution is 0.102. The third-order valence-corrected chi connectivity index (χ3v) is 3.81. The highest BCUT2D eigenvalue weighted by Gasteiger charge is 2.10. The number of aromatic amines is 1. The van der Waals surface area contributed by atoms with Gasteiger partial charge in [0.05, 0.1) is 10.6 Å². The van der Waals surface area contributed by atoms with Gasteiger partial charge in [-0.25, -0.2) is 4.98 Å². The first-order valence-corrected chi connectivity index (χ1v) is 6.57. The molecule has 84 valence electrons. The topological polar surface area (TPSA) is 58.6 Å². The fourth-order valence-corrected chi connectivity index (χ4v) is 2.80. The number of rotatable bonds is 4. The van der Waals surface area contributed by atoms with E-state index >= 15 is 0 Å². The fraction of sp³-hybridized carbons (Fsp3) is 0.300. The van der Waals surface area contributed by atoms with Gasteiger partial charge in [0.2, 0.25) is 5.16 Å². The molecule has 2 heterocycles. The summed E-state index contributed by atoms with van der Waals surface area (Å²) >= 11 is 2.88. The van der Waals surface area contributed by atoms with Crippen LogP contribution < -0.4 is 0 Å². The second kappa shape index (κ2) is 4.80. The minimum atomic E-state index is 0.130. The zero-order valence-corrected chi connectivity index (χ0v) is 10.6. The maximum absolute atomic E-state index is 11.8. The molecule has 0 bridgehead atoms. The van der Waals surface area contributed by atoms with Crippen LogP contribution in [0.1, 0.15) is 20.4 Å². The average molecular weight is 253 g/mol. The van der Waals surface area contributed by atoms with Crippen molar-refractivity contribution in [2.45, 2.75) is 19.0 Å². The molecule has 0 fully saturated rings. The number of aryl methyl sites for hydroxylation is 2. The molecule has 0 radical (unpaired) electrons. The van der Waals surface area contributed by atoms with Gasteiger partial charge in [-0.3, -0.25) is 9.89 Å². The highest BCUT2D eigenvalue weighted by molar-refractivity contribution is 7.99. The number of hydrogen-bond acceptors (Lipinski definition) is 5. The molecule has 0 aliphatic heterocycles. The number of nitrogens with one attached hydrogen (secondary N) is 1. The van der Waals surface area contributed by atoms with Crippen LogP contribution in [0, 0.1) is 13.8 Å². The van der Waals surface area contributed by atoms with Crippen LogP contribution in [0.4, 0.5) is 0 Å². The molecule has 0 saturated carbocycles. The molecule has 0 aliphatic rings. The number of carbonyl (C=O) groups is 1. The van der Waals surface area contributed by atoms with Crippen LogP contribution in [0.25, 0.3) is 0 Å². The predicted molar refractivity (Wildman–Crippen MR) is 65.2 cm³/mol. The highest BCUT2D eigenvalue weighted by Crippen LogP contribution is 2.19. The van der Waals surface area contributed by atoms with E-state index in [9.17, 15) is 4.79 Å². The van der Waals surface area contributed by atoms with Gasteiger partial charge in [-0.2, -0.15) is 0 Å². The molecule has 0 aliphatic carbocycles. The summed E-state index contributed by atoms with van der Waals surface area (Å²) in [7, 11) is 0. The van der Waals surface area contributed by atoms with E-state index in [0.29, 0.717) is 10.9 Å². The van der Waals surface area contributed by atoms with Crippen LogP contribution in [0.3, 0.4) is 0 Å². The molecule has 0 saturated heterocycles. The highest BCUT2D eigenvalue weighted by atomic mass is 32.2. The lowest BCUT2D eigenvalue weighted by atomic mass is 10.3. The molecule has 1 N–H and O–H groups in total. The van der Waals surface area contributed by atoms with E-state index in [1.165, 1.54) is 23.1 Å². The van der Waals surface area contributed by atoms with E-state index in [-0.39, 0.29) is 5.78 Å². The van der Waals surface area contributed by atoms with Crippen LogP contribution in [0.2, 0.25) is 0 Å². The quantitative estimate of drug-likeness (QED) is 0.671. The normalized spacial score (nSPS) is 10.6. The van der Waals surface area contributed by atoms with Crippen molar-refractivity contribution in [3.05, 3.63) is 27.7 Å². The van der Waals surface area contributed by atoms with Crippen LogP contribution in [-0.2, 0) is 0 Å². The van der Waals surface area contributed by atoms with Crippen molar-refractivity contribution in [2.24, 2.45) is 0 Å². The molecule has 0 atom stereocenters. The summed E-state index contributed by atoms with van der Waals surface area (Å²) < 4.78 is 0. The molecule has 4 nitrogen and oxygen atoms in total. The number of H-pyrrole nitrogens is 1. The molecule has 16 heavy (non-hydrogen) atoms. The Morgan fingerprint density at radius 1 is 1.50 bits per heavy atom. The van der Waals surface area contributed by atoms with Gasteiger partial charge >= 0.3 is 0 Å². The zero-order chi connectivity index (χ0) is 11.5. The Morgan fingerprint density at radius 3 is 2.88 bits per heavy atom. The summed E-state index contributed by atoms with van der Waals surface area (Å²) in [6, 6.07) is 3.83. The monoisotopic (exact) mass is 253 g/mol. The average Bonchev–Trinajstić information content (AvgIpc) is 2.84. The van der Waals surface area contributed by atoms with E-state index in [2.05, 4.69) is 15.2 Å². The van der Waals surface area contributed by atoms with Gasteiger partial charge in [-0.1, -0.05) is 11.8 Å². The maximum Gasteiger partial charge on any atom is 0.208 e. The maximum atomic E-state index is 11.8. The first kappa shape index (κ1) is 11.3. The van der Waals surface area contributed by atoms with Crippen molar-refractivity contribution in [2.75, 3.05) is 5.75 Å². The smallest absolute Gasteiger partial charge is 0.208 e. The van der Waals surface area contributed by atoms with Crippen molar-refractivity contribution in [3.63, 3.8) is 0 Å². The molecule has 2 aromatic heterocycles.